The molecule has 0 bridgehead atoms. The van der Waals surface area contributed by atoms with E-state index < -0.39 is 0 Å². The average Bonchev–Trinajstić information content (AvgIpc) is 3.13. The first-order valence-corrected chi connectivity index (χ1v) is 10.5. The van der Waals surface area contributed by atoms with E-state index in [-0.39, 0.29) is 12.5 Å². The predicted octanol–water partition coefficient (Wildman–Crippen LogP) is 5.03. The van der Waals surface area contributed by atoms with Gasteiger partial charge in [0.25, 0.3) is 5.91 Å². The van der Waals surface area contributed by atoms with Crippen LogP contribution in [0, 0.1) is 6.92 Å². The standard InChI is InChI=1S/C20H21N3O2S2/c1-3-12-26-20-23-22-19(27-20)21-18(24)13-25-17-10-8-16(9-11-17)15-6-4-14(2)5-7-15/h4-11H,3,12-13H2,1-2H3,(H,21,22,24). The molecule has 0 radical (unpaired) electrons. The molecule has 0 unspecified atom stereocenters. The molecule has 3 rings (SSSR count). The Bertz CT molecular complexity index is 877. The Kier molecular flexibility index (Phi) is 6.84. The zero-order chi connectivity index (χ0) is 19.1. The third kappa shape index (κ3) is 5.80. The summed E-state index contributed by atoms with van der Waals surface area (Å²) < 4.78 is 6.42. The average molecular weight is 400 g/mol. The van der Waals surface area contributed by atoms with E-state index in [1.54, 1.807) is 11.8 Å². The Morgan fingerprint density at radius 1 is 1.07 bits per heavy atom. The largest absolute Gasteiger partial charge is 0.484 e. The number of carbonyl (C=O) groups excluding carboxylic acids is 1. The van der Waals surface area contributed by atoms with E-state index in [1.165, 1.54) is 16.9 Å². The number of hydrogen-bond donors (Lipinski definition) is 1. The topological polar surface area (TPSA) is 64.1 Å². The lowest BCUT2D eigenvalue weighted by Gasteiger charge is -2.07. The van der Waals surface area contributed by atoms with Crippen molar-refractivity contribution in [3.63, 3.8) is 0 Å². The van der Waals surface area contributed by atoms with Crippen LogP contribution < -0.4 is 10.1 Å². The maximum Gasteiger partial charge on any atom is 0.264 e. The minimum Gasteiger partial charge on any atom is -0.484 e. The summed E-state index contributed by atoms with van der Waals surface area (Å²) in [6, 6.07) is 16.1. The third-order valence-corrected chi connectivity index (χ3v) is 5.87. The van der Waals surface area contributed by atoms with Crippen LogP contribution in [0.1, 0.15) is 18.9 Å². The van der Waals surface area contributed by atoms with Crippen molar-refractivity contribution >= 4 is 34.1 Å². The van der Waals surface area contributed by atoms with E-state index in [1.807, 2.05) is 24.3 Å². The second-order valence-corrected chi connectivity index (χ2v) is 8.27. The van der Waals surface area contributed by atoms with E-state index >= 15 is 0 Å². The zero-order valence-corrected chi connectivity index (χ0v) is 16.9. The highest BCUT2D eigenvalue weighted by molar-refractivity contribution is 8.01. The Balaban J connectivity index is 1.50. The van der Waals surface area contributed by atoms with Crippen LogP contribution in [-0.2, 0) is 4.79 Å². The van der Waals surface area contributed by atoms with Crippen LogP contribution in [0.15, 0.2) is 52.9 Å². The quantitative estimate of drug-likeness (QED) is 0.425. The first-order valence-electron chi connectivity index (χ1n) is 8.70. The molecular formula is C20H21N3O2S2. The molecule has 2 aromatic carbocycles. The van der Waals surface area contributed by atoms with E-state index in [9.17, 15) is 4.79 Å². The first kappa shape index (κ1) is 19.4. The number of amides is 1. The number of aryl methyl sites for hydroxylation is 1. The molecule has 1 N–H and O–H groups in total. The summed E-state index contributed by atoms with van der Waals surface area (Å²) in [5.74, 6) is 1.39. The molecule has 0 aliphatic rings. The normalized spacial score (nSPS) is 10.6. The lowest BCUT2D eigenvalue weighted by atomic mass is 10.0. The molecule has 27 heavy (non-hydrogen) atoms. The van der Waals surface area contributed by atoms with Crippen molar-refractivity contribution < 1.29 is 9.53 Å². The van der Waals surface area contributed by atoms with Crippen LogP contribution in [0.2, 0.25) is 0 Å². The number of carbonyl (C=O) groups is 1. The van der Waals surface area contributed by atoms with Crippen molar-refractivity contribution in [1.82, 2.24) is 10.2 Å². The predicted molar refractivity (Wildman–Crippen MR) is 112 cm³/mol. The van der Waals surface area contributed by atoms with E-state index in [0.29, 0.717) is 10.9 Å². The summed E-state index contributed by atoms with van der Waals surface area (Å²) in [6.07, 6.45) is 1.07. The molecule has 1 amide bonds. The van der Waals surface area contributed by atoms with Gasteiger partial charge in [-0.15, -0.1) is 10.2 Å². The minimum atomic E-state index is -0.249. The second-order valence-electron chi connectivity index (χ2n) is 5.95. The van der Waals surface area contributed by atoms with Gasteiger partial charge in [0.05, 0.1) is 0 Å². The Hall–Kier alpha value is -2.38. The van der Waals surface area contributed by atoms with Crippen molar-refractivity contribution in [1.29, 1.82) is 0 Å². The molecule has 0 saturated heterocycles. The third-order valence-electron chi connectivity index (χ3n) is 3.69. The number of ether oxygens (including phenoxy) is 1. The van der Waals surface area contributed by atoms with Gasteiger partial charge in [-0.2, -0.15) is 0 Å². The SMILES string of the molecule is CCCSc1nnc(NC(=O)COc2ccc(-c3ccc(C)cc3)cc2)s1. The van der Waals surface area contributed by atoms with Crippen LogP contribution >= 0.6 is 23.1 Å². The lowest BCUT2D eigenvalue weighted by Crippen LogP contribution is -2.20. The van der Waals surface area contributed by atoms with Crippen molar-refractivity contribution in [3.8, 4) is 16.9 Å². The maximum atomic E-state index is 12.0. The van der Waals surface area contributed by atoms with E-state index in [4.69, 9.17) is 4.74 Å². The fourth-order valence-electron chi connectivity index (χ4n) is 2.30. The molecule has 1 heterocycles. The van der Waals surface area contributed by atoms with E-state index in [2.05, 4.69) is 53.6 Å². The van der Waals surface area contributed by atoms with Gasteiger partial charge in [0.1, 0.15) is 5.75 Å². The van der Waals surface area contributed by atoms with Crippen LogP contribution in [-0.4, -0.2) is 28.5 Å². The van der Waals surface area contributed by atoms with E-state index in [0.717, 1.165) is 27.6 Å². The van der Waals surface area contributed by atoms with Crippen LogP contribution in [0.3, 0.4) is 0 Å². The maximum absolute atomic E-state index is 12.0. The molecule has 0 atom stereocenters. The van der Waals surface area contributed by atoms with Gasteiger partial charge >= 0.3 is 0 Å². The first-order chi connectivity index (χ1) is 13.1. The highest BCUT2D eigenvalue weighted by Crippen LogP contribution is 2.26. The van der Waals surface area contributed by atoms with Gasteiger partial charge < -0.3 is 4.74 Å². The molecule has 0 fully saturated rings. The number of aromatic nitrogens is 2. The van der Waals surface area contributed by atoms with Crippen molar-refractivity contribution in [2.75, 3.05) is 17.7 Å². The van der Waals surface area contributed by atoms with Gasteiger partial charge in [0.15, 0.2) is 10.9 Å². The van der Waals surface area contributed by atoms with Gasteiger partial charge in [-0.05, 0) is 36.6 Å². The van der Waals surface area contributed by atoms with Crippen molar-refractivity contribution in [3.05, 3.63) is 54.1 Å². The lowest BCUT2D eigenvalue weighted by molar-refractivity contribution is -0.118. The van der Waals surface area contributed by atoms with Crippen molar-refractivity contribution in [2.45, 2.75) is 24.6 Å². The minimum absolute atomic E-state index is 0.0686. The Morgan fingerprint density at radius 3 is 2.41 bits per heavy atom. The highest BCUT2D eigenvalue weighted by Gasteiger charge is 2.09. The highest BCUT2D eigenvalue weighted by atomic mass is 32.2. The van der Waals surface area contributed by atoms with Crippen LogP contribution in [0.25, 0.3) is 11.1 Å². The van der Waals surface area contributed by atoms with Gasteiger partial charge in [-0.1, -0.05) is 72.0 Å². The number of benzene rings is 2. The number of anilines is 1. The molecule has 7 heteroatoms. The number of thioether (sulfide) groups is 1. The zero-order valence-electron chi connectivity index (χ0n) is 15.3. The summed E-state index contributed by atoms with van der Waals surface area (Å²) in [4.78, 5) is 12.0. The number of rotatable bonds is 8. The Morgan fingerprint density at radius 2 is 1.74 bits per heavy atom. The summed E-state index contributed by atoms with van der Waals surface area (Å²) in [5, 5.41) is 11.2. The molecule has 0 spiro atoms. The summed E-state index contributed by atoms with van der Waals surface area (Å²) >= 11 is 3.02. The summed E-state index contributed by atoms with van der Waals surface area (Å²) in [7, 11) is 0. The number of hydrogen-bond acceptors (Lipinski definition) is 6. The monoisotopic (exact) mass is 399 g/mol. The van der Waals surface area contributed by atoms with Crippen LogP contribution in [0.5, 0.6) is 5.75 Å². The second kappa shape index (κ2) is 9.53. The summed E-state index contributed by atoms with van der Waals surface area (Å²) in [5.41, 5.74) is 3.49. The molecule has 3 aromatic rings. The van der Waals surface area contributed by atoms with Gasteiger partial charge in [0, 0.05) is 5.75 Å². The molecule has 0 aliphatic carbocycles. The fourth-order valence-corrected chi connectivity index (χ4v) is 4.00. The van der Waals surface area contributed by atoms with Crippen molar-refractivity contribution in [2.24, 2.45) is 0 Å². The fraction of sp³-hybridized carbons (Fsp3) is 0.250. The molecule has 5 nitrogen and oxygen atoms in total. The molecule has 0 saturated carbocycles. The molecular weight excluding hydrogens is 378 g/mol. The molecule has 1 aromatic heterocycles. The smallest absolute Gasteiger partial charge is 0.264 e. The van der Waals surface area contributed by atoms with Gasteiger partial charge in [-0.25, -0.2) is 0 Å². The number of nitrogens with zero attached hydrogens (tertiary/aromatic N) is 2. The molecule has 140 valence electrons. The summed E-state index contributed by atoms with van der Waals surface area (Å²) in [6.45, 7) is 4.11. The number of nitrogens with one attached hydrogen (secondary N) is 1. The molecule has 0 aliphatic heterocycles. The van der Waals surface area contributed by atoms with Gasteiger partial charge in [-0.3, -0.25) is 10.1 Å². The van der Waals surface area contributed by atoms with Crippen LogP contribution in [0.4, 0.5) is 5.13 Å². The Labute approximate surface area is 167 Å². The van der Waals surface area contributed by atoms with Gasteiger partial charge in [0.2, 0.25) is 5.13 Å².